The zero-order valence-corrected chi connectivity index (χ0v) is 35.7. The van der Waals surface area contributed by atoms with Gasteiger partial charge in [0.1, 0.15) is 23.7 Å². The molecule has 4 nitrogen and oxygen atoms in total. The van der Waals surface area contributed by atoms with E-state index in [0.717, 1.165) is 78.3 Å². The summed E-state index contributed by atoms with van der Waals surface area (Å²) >= 11 is 4.37. The molecule has 0 saturated heterocycles. The van der Waals surface area contributed by atoms with Gasteiger partial charge in [0.15, 0.2) is 0 Å². The van der Waals surface area contributed by atoms with Crippen LogP contribution in [0.5, 0.6) is 0 Å². The fraction of sp³-hybridized carbons (Fsp3) is 0.346. The average molecular weight is 818 g/mol. The predicted molar refractivity (Wildman–Crippen MR) is 240 cm³/mol. The maximum atomic E-state index is 6.33. The van der Waals surface area contributed by atoms with Crippen molar-refractivity contribution >= 4 is 72.0 Å². The topological polar surface area (TPSA) is 32.8 Å². The van der Waals surface area contributed by atoms with E-state index in [1.807, 2.05) is 12.5 Å². The molecule has 2 heterocycles. The number of nitrogens with zero attached hydrogens (tertiary/aromatic N) is 2. The summed E-state index contributed by atoms with van der Waals surface area (Å²) in [5.74, 6) is 2.43. The van der Waals surface area contributed by atoms with Crippen molar-refractivity contribution in [1.29, 1.82) is 0 Å². The summed E-state index contributed by atoms with van der Waals surface area (Å²) in [4.78, 5) is 4.87. The molecular formula is C52H53BrN2O2. The first-order chi connectivity index (χ1) is 27.3. The molecule has 4 aliphatic rings. The summed E-state index contributed by atoms with van der Waals surface area (Å²) < 4.78 is 13.7. The quantitative estimate of drug-likeness (QED) is 0.160. The maximum Gasteiger partial charge on any atom is 0.136 e. The van der Waals surface area contributed by atoms with Crippen LogP contribution in [0.3, 0.4) is 0 Å². The molecule has 4 bridgehead atoms. The van der Waals surface area contributed by atoms with E-state index in [1.54, 1.807) is 0 Å². The Morgan fingerprint density at radius 1 is 0.526 bits per heavy atom. The molecule has 57 heavy (non-hydrogen) atoms. The minimum absolute atomic E-state index is 0.0360. The zero-order valence-electron chi connectivity index (χ0n) is 34.1. The Morgan fingerprint density at radius 3 is 1.30 bits per heavy atom. The van der Waals surface area contributed by atoms with Crippen molar-refractivity contribution in [3.8, 4) is 0 Å². The molecular weight excluding hydrogens is 764 g/mol. The number of halogens is 1. The summed E-state index contributed by atoms with van der Waals surface area (Å²) in [5.41, 5.74) is 12.5. The smallest absolute Gasteiger partial charge is 0.136 e. The third-order valence-corrected chi connectivity index (χ3v) is 14.4. The number of fused-ring (bicyclic) bond motifs is 2. The van der Waals surface area contributed by atoms with Crippen molar-refractivity contribution in [3.63, 3.8) is 0 Å². The second-order valence-electron chi connectivity index (χ2n) is 19.5. The van der Waals surface area contributed by atoms with Gasteiger partial charge in [-0.1, -0.05) is 90.1 Å². The molecule has 4 fully saturated rings. The van der Waals surface area contributed by atoms with Crippen LogP contribution in [0.1, 0.15) is 96.8 Å². The van der Waals surface area contributed by atoms with Gasteiger partial charge in [-0.05, 0) is 166 Å². The lowest BCUT2D eigenvalue weighted by atomic mass is 9.48. The van der Waals surface area contributed by atoms with Crippen LogP contribution in [0.25, 0.3) is 21.9 Å². The van der Waals surface area contributed by atoms with Crippen LogP contribution in [0.2, 0.25) is 0 Å². The largest absolute Gasteiger partial charge is 0.462 e. The molecule has 0 amide bonds. The van der Waals surface area contributed by atoms with Crippen molar-refractivity contribution < 1.29 is 8.83 Å². The van der Waals surface area contributed by atoms with E-state index < -0.39 is 0 Å². The lowest BCUT2D eigenvalue weighted by molar-refractivity contribution is -0.00515. The normalized spacial score (nSPS) is 21.8. The van der Waals surface area contributed by atoms with Gasteiger partial charge in [-0.2, -0.15) is 0 Å². The van der Waals surface area contributed by atoms with Gasteiger partial charge >= 0.3 is 0 Å². The van der Waals surface area contributed by atoms with Gasteiger partial charge in [-0.3, -0.25) is 0 Å². The molecule has 5 heteroatoms. The van der Waals surface area contributed by atoms with E-state index in [-0.39, 0.29) is 16.2 Å². The Bertz CT molecular complexity index is 2410. The van der Waals surface area contributed by atoms with Gasteiger partial charge in [0, 0.05) is 22.1 Å². The maximum absolute atomic E-state index is 6.33. The Balaban J connectivity index is 1.26. The molecule has 2 aromatic heterocycles. The highest BCUT2D eigenvalue weighted by Crippen LogP contribution is 2.62. The van der Waals surface area contributed by atoms with E-state index in [4.69, 9.17) is 8.83 Å². The van der Waals surface area contributed by atoms with Crippen LogP contribution in [-0.4, -0.2) is 0 Å². The van der Waals surface area contributed by atoms with E-state index in [2.05, 4.69) is 176 Å². The molecule has 4 saturated carbocycles. The van der Waals surface area contributed by atoms with Crippen LogP contribution in [0, 0.1) is 17.8 Å². The summed E-state index contributed by atoms with van der Waals surface area (Å²) in [6.45, 7) is 13.7. The van der Waals surface area contributed by atoms with E-state index in [9.17, 15) is 0 Å². The standard InChI is InChI=1S/C52H53BrN2O2/c1-50(2,3)36-15-19-39(20-16-36)54(45-31-56-47-13-9-7-11-41(45)47)43-26-38(52-28-33-23-34(29-52)25-35(24-33)30-52)27-44(49(43)53)55(40-21-17-37(18-22-40)51(4,5)6)46-32-57-48-14-10-8-12-42(46)48/h7-22,26-27,31-35H,23-25,28-30H2,1-6H3. The second kappa shape index (κ2) is 13.4. The number of furan rings is 2. The van der Waals surface area contributed by atoms with Gasteiger partial charge in [-0.25, -0.2) is 0 Å². The lowest BCUT2D eigenvalue weighted by Gasteiger charge is -2.57. The predicted octanol–water partition coefficient (Wildman–Crippen LogP) is 15.9. The van der Waals surface area contributed by atoms with Crippen LogP contribution < -0.4 is 9.80 Å². The molecule has 0 aliphatic heterocycles. The number of hydrogen-bond acceptors (Lipinski definition) is 4. The third kappa shape index (κ3) is 6.32. The molecule has 7 aromatic rings. The van der Waals surface area contributed by atoms with Crippen LogP contribution in [0.4, 0.5) is 34.1 Å². The fourth-order valence-corrected chi connectivity index (χ4v) is 11.6. The van der Waals surface area contributed by atoms with Crippen molar-refractivity contribution in [3.05, 3.63) is 143 Å². The Labute approximate surface area is 346 Å². The highest BCUT2D eigenvalue weighted by atomic mass is 79.9. The lowest BCUT2D eigenvalue weighted by Crippen LogP contribution is -2.48. The molecule has 4 aliphatic carbocycles. The van der Waals surface area contributed by atoms with Crippen molar-refractivity contribution in [2.45, 2.75) is 96.3 Å². The highest BCUT2D eigenvalue weighted by molar-refractivity contribution is 9.10. The first-order valence-electron chi connectivity index (χ1n) is 20.9. The zero-order chi connectivity index (χ0) is 39.3. The number of anilines is 6. The first kappa shape index (κ1) is 36.6. The molecule has 290 valence electrons. The van der Waals surface area contributed by atoms with Gasteiger partial charge in [0.25, 0.3) is 0 Å². The Kier molecular flexibility index (Phi) is 8.61. The van der Waals surface area contributed by atoms with Crippen LogP contribution in [0.15, 0.2) is 135 Å². The molecule has 11 rings (SSSR count). The average Bonchev–Trinajstić information content (AvgIpc) is 3.80. The summed E-state index contributed by atoms with van der Waals surface area (Å²) in [6, 6.07) is 40.2. The van der Waals surface area contributed by atoms with Crippen LogP contribution >= 0.6 is 15.9 Å². The van der Waals surface area contributed by atoms with Crippen LogP contribution in [-0.2, 0) is 16.2 Å². The molecule has 0 radical (unpaired) electrons. The molecule has 5 aromatic carbocycles. The summed E-state index contributed by atoms with van der Waals surface area (Å²) in [7, 11) is 0. The van der Waals surface area contributed by atoms with Crippen molar-refractivity contribution in [2.24, 2.45) is 17.8 Å². The van der Waals surface area contributed by atoms with E-state index >= 15 is 0 Å². The highest BCUT2D eigenvalue weighted by Gasteiger charge is 2.52. The minimum atomic E-state index is 0.0360. The van der Waals surface area contributed by atoms with Crippen molar-refractivity contribution in [1.82, 2.24) is 0 Å². The van der Waals surface area contributed by atoms with E-state index in [0.29, 0.717) is 0 Å². The SMILES string of the molecule is CC(C)(C)c1ccc(N(c2cc(C34CC5CC(CC(C5)C3)C4)cc(N(c3ccc(C(C)(C)C)cc3)c3coc4ccccc34)c2Br)c2coc3ccccc23)cc1. The first-order valence-corrected chi connectivity index (χ1v) is 21.7. The third-order valence-electron chi connectivity index (χ3n) is 13.6. The summed E-state index contributed by atoms with van der Waals surface area (Å²) in [6.07, 6.45) is 11.9. The molecule has 0 unspecified atom stereocenters. The summed E-state index contributed by atoms with van der Waals surface area (Å²) in [5, 5.41) is 2.17. The van der Waals surface area contributed by atoms with Gasteiger partial charge in [0.05, 0.1) is 27.2 Å². The number of hydrogen-bond donors (Lipinski definition) is 0. The van der Waals surface area contributed by atoms with Gasteiger partial charge in [0.2, 0.25) is 0 Å². The van der Waals surface area contributed by atoms with E-state index in [1.165, 1.54) is 55.2 Å². The number of para-hydroxylation sites is 2. The Morgan fingerprint density at radius 2 is 0.912 bits per heavy atom. The molecule has 0 atom stereocenters. The molecule has 0 spiro atoms. The fourth-order valence-electron chi connectivity index (χ4n) is 11.0. The minimum Gasteiger partial charge on any atom is -0.462 e. The van der Waals surface area contributed by atoms with Crippen molar-refractivity contribution in [2.75, 3.05) is 9.80 Å². The number of rotatable bonds is 7. The monoisotopic (exact) mass is 816 g/mol. The van der Waals surface area contributed by atoms with Gasteiger partial charge in [-0.15, -0.1) is 0 Å². The van der Waals surface area contributed by atoms with Gasteiger partial charge < -0.3 is 18.6 Å². The second-order valence-corrected chi connectivity index (χ2v) is 20.3. The number of benzene rings is 5. The Hall–Kier alpha value is -4.74. The molecule has 0 N–H and O–H groups in total.